The van der Waals surface area contributed by atoms with E-state index in [1.54, 1.807) is 6.33 Å². The molecule has 0 saturated heterocycles. The molecule has 2 aliphatic carbocycles. The molecule has 6 nitrogen and oxygen atoms in total. The van der Waals surface area contributed by atoms with Gasteiger partial charge in [-0.15, -0.1) is 0 Å². The van der Waals surface area contributed by atoms with Gasteiger partial charge < -0.3 is 14.6 Å². The summed E-state index contributed by atoms with van der Waals surface area (Å²) in [4.78, 5) is 15.3. The molecule has 21 heavy (non-hydrogen) atoms. The first-order valence-electron chi connectivity index (χ1n) is 7.64. The molecule has 0 radical (unpaired) electrons. The lowest BCUT2D eigenvalue weighted by atomic mass is 9.85. The summed E-state index contributed by atoms with van der Waals surface area (Å²) in [5, 5.41) is 9.58. The molecule has 2 aromatic rings. The van der Waals surface area contributed by atoms with Crippen molar-refractivity contribution in [1.82, 2.24) is 19.5 Å². The zero-order valence-corrected chi connectivity index (χ0v) is 12.5. The molecule has 0 amide bonds. The molecule has 2 saturated carbocycles. The summed E-state index contributed by atoms with van der Waals surface area (Å²) in [7, 11) is 3.94. The highest BCUT2D eigenvalue weighted by atomic mass is 16.3. The molecule has 0 unspecified atom stereocenters. The van der Waals surface area contributed by atoms with Gasteiger partial charge in [0.05, 0.1) is 6.33 Å². The minimum Gasteiger partial charge on any atom is -0.396 e. The monoisotopic (exact) mass is 287 g/mol. The van der Waals surface area contributed by atoms with Crippen molar-refractivity contribution in [2.24, 2.45) is 17.8 Å². The third-order valence-corrected chi connectivity index (χ3v) is 5.27. The number of hydrogen-bond donors (Lipinski definition) is 1. The number of fused-ring (bicyclic) bond motifs is 3. The molecule has 0 aromatic carbocycles. The molecule has 4 atom stereocenters. The average molecular weight is 287 g/mol. The summed E-state index contributed by atoms with van der Waals surface area (Å²) in [5.41, 5.74) is 1.79. The van der Waals surface area contributed by atoms with Crippen molar-refractivity contribution in [3.8, 4) is 0 Å². The maximum Gasteiger partial charge on any atom is 0.165 e. The second kappa shape index (κ2) is 4.66. The highest BCUT2D eigenvalue weighted by molar-refractivity contribution is 5.83. The van der Waals surface area contributed by atoms with Crippen molar-refractivity contribution in [3.63, 3.8) is 0 Å². The molecule has 0 aliphatic heterocycles. The molecular weight excluding hydrogens is 266 g/mol. The lowest BCUT2D eigenvalue weighted by molar-refractivity contribution is 0.146. The van der Waals surface area contributed by atoms with Crippen molar-refractivity contribution in [2.45, 2.75) is 25.3 Å². The molecule has 2 heterocycles. The van der Waals surface area contributed by atoms with Crippen molar-refractivity contribution < 1.29 is 5.11 Å². The highest BCUT2D eigenvalue weighted by Crippen LogP contribution is 2.54. The SMILES string of the molecule is CN(C)c1ncnc2c1ncn2[C@H]1C[C@@H]2C[C@@H](CO)[C@H]1C2. The third-order valence-electron chi connectivity index (χ3n) is 5.27. The average Bonchev–Trinajstić information content (AvgIpc) is 3.18. The van der Waals surface area contributed by atoms with Gasteiger partial charge in [-0.1, -0.05) is 0 Å². The van der Waals surface area contributed by atoms with E-state index in [1.807, 2.05) is 25.3 Å². The third kappa shape index (κ3) is 1.85. The van der Waals surface area contributed by atoms with E-state index in [4.69, 9.17) is 0 Å². The maximum atomic E-state index is 9.58. The first-order valence-corrected chi connectivity index (χ1v) is 7.64. The van der Waals surface area contributed by atoms with E-state index < -0.39 is 0 Å². The first kappa shape index (κ1) is 13.0. The number of hydrogen-bond acceptors (Lipinski definition) is 5. The van der Waals surface area contributed by atoms with E-state index in [9.17, 15) is 5.11 Å². The van der Waals surface area contributed by atoms with E-state index in [0.29, 0.717) is 24.5 Å². The number of aliphatic hydroxyl groups excluding tert-OH is 1. The fourth-order valence-corrected chi connectivity index (χ4v) is 4.40. The summed E-state index contributed by atoms with van der Waals surface area (Å²) in [6, 6.07) is 0.427. The second-order valence-electron chi connectivity index (χ2n) is 6.66. The normalized spacial score (nSPS) is 31.2. The lowest BCUT2D eigenvalue weighted by Crippen LogP contribution is -2.25. The summed E-state index contributed by atoms with van der Waals surface area (Å²) in [5.74, 6) is 2.63. The Morgan fingerprint density at radius 2 is 2.10 bits per heavy atom. The van der Waals surface area contributed by atoms with Gasteiger partial charge in [0.1, 0.15) is 6.33 Å². The number of aromatic nitrogens is 4. The maximum absolute atomic E-state index is 9.58. The van der Waals surface area contributed by atoms with Crippen LogP contribution < -0.4 is 4.90 Å². The molecule has 2 aromatic heterocycles. The highest BCUT2D eigenvalue weighted by Gasteiger charge is 2.47. The molecule has 2 bridgehead atoms. The Morgan fingerprint density at radius 1 is 1.24 bits per heavy atom. The number of rotatable bonds is 3. The van der Waals surface area contributed by atoms with Crippen LogP contribution in [0.1, 0.15) is 25.3 Å². The van der Waals surface area contributed by atoms with Crippen LogP contribution in [0.5, 0.6) is 0 Å². The van der Waals surface area contributed by atoms with E-state index in [-0.39, 0.29) is 0 Å². The lowest BCUT2D eigenvalue weighted by Gasteiger charge is -2.29. The van der Waals surface area contributed by atoms with Crippen molar-refractivity contribution >= 4 is 17.0 Å². The molecule has 0 spiro atoms. The molecule has 6 heteroatoms. The number of aliphatic hydroxyl groups is 1. The summed E-state index contributed by atoms with van der Waals surface area (Å²) in [6.07, 6.45) is 7.13. The van der Waals surface area contributed by atoms with Gasteiger partial charge in [0.2, 0.25) is 0 Å². The minimum atomic E-state index is 0.308. The Bertz CT molecular complexity index is 667. The topological polar surface area (TPSA) is 67.1 Å². The molecule has 112 valence electrons. The summed E-state index contributed by atoms with van der Waals surface area (Å²) >= 11 is 0. The van der Waals surface area contributed by atoms with Crippen LogP contribution in [0, 0.1) is 17.8 Å². The predicted molar refractivity (Wildman–Crippen MR) is 80.1 cm³/mol. The van der Waals surface area contributed by atoms with Gasteiger partial charge in [-0.25, -0.2) is 15.0 Å². The van der Waals surface area contributed by atoms with Gasteiger partial charge in [0.25, 0.3) is 0 Å². The van der Waals surface area contributed by atoms with Gasteiger partial charge in [0, 0.05) is 26.7 Å². The Kier molecular flexibility index (Phi) is 2.89. The van der Waals surface area contributed by atoms with Crippen molar-refractivity contribution in [1.29, 1.82) is 0 Å². The zero-order valence-electron chi connectivity index (χ0n) is 12.5. The van der Waals surface area contributed by atoms with Gasteiger partial charge in [-0.2, -0.15) is 0 Å². The van der Waals surface area contributed by atoms with Crippen LogP contribution in [0.15, 0.2) is 12.7 Å². The molecule has 4 rings (SSSR count). The Balaban J connectivity index is 1.77. The van der Waals surface area contributed by atoms with Gasteiger partial charge in [0.15, 0.2) is 17.0 Å². The predicted octanol–water partition coefficient (Wildman–Crippen LogP) is 1.47. The fraction of sp³-hybridized carbons (Fsp3) is 0.667. The largest absolute Gasteiger partial charge is 0.396 e. The standard InChI is InChI=1S/C15H21N5O/c1-19(2)14-13-15(17-7-16-14)20(8-18-13)12-5-9-3-10(6-21)11(12)4-9/h7-12,21H,3-6H2,1-2H3/t9-,10+,11-,12+/m1/s1. The van der Waals surface area contributed by atoms with E-state index in [0.717, 1.165) is 22.9 Å². The van der Waals surface area contributed by atoms with Crippen LogP contribution in [0.4, 0.5) is 5.82 Å². The van der Waals surface area contributed by atoms with Crippen LogP contribution in [0.2, 0.25) is 0 Å². The van der Waals surface area contributed by atoms with Gasteiger partial charge in [-0.05, 0) is 37.0 Å². The van der Waals surface area contributed by atoms with Gasteiger partial charge in [-0.3, -0.25) is 0 Å². The van der Waals surface area contributed by atoms with E-state index >= 15 is 0 Å². The number of imidazole rings is 1. The quantitative estimate of drug-likeness (QED) is 0.926. The Labute approximate surface area is 123 Å². The van der Waals surface area contributed by atoms with Crippen LogP contribution in [-0.4, -0.2) is 45.3 Å². The molecule has 2 aliphatic rings. The summed E-state index contributed by atoms with van der Waals surface area (Å²) in [6.45, 7) is 0.308. The van der Waals surface area contributed by atoms with E-state index in [1.165, 1.54) is 19.3 Å². The van der Waals surface area contributed by atoms with Crippen LogP contribution in [0.25, 0.3) is 11.2 Å². The molecular formula is C15H21N5O. The fourth-order valence-electron chi connectivity index (χ4n) is 4.40. The van der Waals surface area contributed by atoms with Crippen LogP contribution >= 0.6 is 0 Å². The van der Waals surface area contributed by atoms with Crippen molar-refractivity contribution in [2.75, 3.05) is 25.6 Å². The second-order valence-corrected chi connectivity index (χ2v) is 6.66. The van der Waals surface area contributed by atoms with Crippen LogP contribution in [-0.2, 0) is 0 Å². The van der Waals surface area contributed by atoms with Crippen molar-refractivity contribution in [3.05, 3.63) is 12.7 Å². The summed E-state index contributed by atoms with van der Waals surface area (Å²) < 4.78 is 2.22. The Morgan fingerprint density at radius 3 is 2.81 bits per heavy atom. The van der Waals surface area contributed by atoms with Crippen LogP contribution in [0.3, 0.4) is 0 Å². The number of nitrogens with zero attached hydrogens (tertiary/aromatic N) is 5. The molecule has 1 N–H and O–H groups in total. The zero-order chi connectivity index (χ0) is 14.6. The smallest absolute Gasteiger partial charge is 0.165 e. The first-order chi connectivity index (χ1) is 10.2. The minimum absolute atomic E-state index is 0.308. The molecule has 2 fully saturated rings. The van der Waals surface area contributed by atoms with Gasteiger partial charge >= 0.3 is 0 Å². The van der Waals surface area contributed by atoms with E-state index in [2.05, 4.69) is 19.5 Å². The Hall–Kier alpha value is -1.69. The number of anilines is 1.